The zero-order chi connectivity index (χ0) is 14.7. The fourth-order valence-corrected chi connectivity index (χ4v) is 2.19. The van der Waals surface area contributed by atoms with Crippen LogP contribution < -0.4 is 15.4 Å². The van der Waals surface area contributed by atoms with E-state index in [1.54, 1.807) is 25.1 Å². The highest BCUT2D eigenvalue weighted by atomic mass is 16.5. The lowest BCUT2D eigenvalue weighted by Gasteiger charge is -2.24. The van der Waals surface area contributed by atoms with E-state index in [2.05, 4.69) is 10.6 Å². The Morgan fingerprint density at radius 2 is 2.10 bits per heavy atom. The first kappa shape index (κ1) is 14.4. The lowest BCUT2D eigenvalue weighted by atomic mass is 10.0. The van der Waals surface area contributed by atoms with Crippen LogP contribution >= 0.6 is 0 Å². The van der Waals surface area contributed by atoms with E-state index in [9.17, 15) is 9.59 Å². The SMILES string of the molecule is CCC(CC)C(=O)Nc1ccc2c(c1)NC(=O)[C@@H](C)O2. The molecule has 0 bridgehead atoms. The molecule has 108 valence electrons. The maximum Gasteiger partial charge on any atom is 0.265 e. The molecule has 0 saturated heterocycles. The summed E-state index contributed by atoms with van der Waals surface area (Å²) in [6.45, 7) is 5.69. The van der Waals surface area contributed by atoms with Gasteiger partial charge in [-0.25, -0.2) is 0 Å². The fourth-order valence-electron chi connectivity index (χ4n) is 2.19. The Morgan fingerprint density at radius 1 is 1.40 bits per heavy atom. The van der Waals surface area contributed by atoms with Crippen LogP contribution in [0.15, 0.2) is 18.2 Å². The first-order chi connectivity index (χ1) is 9.55. The van der Waals surface area contributed by atoms with E-state index in [0.717, 1.165) is 12.8 Å². The van der Waals surface area contributed by atoms with Gasteiger partial charge in [0.1, 0.15) is 5.75 Å². The van der Waals surface area contributed by atoms with E-state index >= 15 is 0 Å². The minimum absolute atomic E-state index is 0.00590. The van der Waals surface area contributed by atoms with Crippen molar-refractivity contribution in [3.05, 3.63) is 18.2 Å². The molecule has 2 N–H and O–H groups in total. The van der Waals surface area contributed by atoms with Crippen molar-refractivity contribution in [3.63, 3.8) is 0 Å². The first-order valence-electron chi connectivity index (χ1n) is 6.97. The number of anilines is 2. The molecule has 20 heavy (non-hydrogen) atoms. The Kier molecular flexibility index (Phi) is 4.27. The number of hydrogen-bond donors (Lipinski definition) is 2. The molecule has 1 aromatic carbocycles. The molecule has 5 heteroatoms. The fraction of sp³-hybridized carbons (Fsp3) is 0.467. The third-order valence-corrected chi connectivity index (χ3v) is 3.53. The van der Waals surface area contributed by atoms with E-state index in [1.165, 1.54) is 0 Å². The Labute approximate surface area is 118 Å². The van der Waals surface area contributed by atoms with Crippen molar-refractivity contribution in [1.29, 1.82) is 0 Å². The Hall–Kier alpha value is -2.04. The quantitative estimate of drug-likeness (QED) is 0.888. The highest BCUT2D eigenvalue weighted by Gasteiger charge is 2.24. The van der Waals surface area contributed by atoms with Crippen LogP contribution in [-0.4, -0.2) is 17.9 Å². The maximum atomic E-state index is 12.0. The average Bonchev–Trinajstić information content (AvgIpc) is 2.42. The number of nitrogens with one attached hydrogen (secondary N) is 2. The van der Waals surface area contributed by atoms with Crippen LogP contribution in [-0.2, 0) is 9.59 Å². The van der Waals surface area contributed by atoms with Gasteiger partial charge in [-0.3, -0.25) is 9.59 Å². The summed E-state index contributed by atoms with van der Waals surface area (Å²) in [5, 5.41) is 5.64. The number of hydrogen-bond acceptors (Lipinski definition) is 3. The predicted molar refractivity (Wildman–Crippen MR) is 77.9 cm³/mol. The highest BCUT2D eigenvalue weighted by Crippen LogP contribution is 2.32. The van der Waals surface area contributed by atoms with Crippen LogP contribution in [0.4, 0.5) is 11.4 Å². The summed E-state index contributed by atoms with van der Waals surface area (Å²) >= 11 is 0. The van der Waals surface area contributed by atoms with Gasteiger partial charge in [0.15, 0.2) is 6.10 Å². The van der Waals surface area contributed by atoms with Gasteiger partial charge in [0, 0.05) is 11.6 Å². The lowest BCUT2D eigenvalue weighted by Crippen LogP contribution is -2.34. The van der Waals surface area contributed by atoms with Gasteiger partial charge in [-0.05, 0) is 38.0 Å². The minimum atomic E-state index is -0.493. The van der Waals surface area contributed by atoms with Crippen molar-refractivity contribution in [2.75, 3.05) is 10.6 Å². The zero-order valence-electron chi connectivity index (χ0n) is 12.0. The van der Waals surface area contributed by atoms with Crippen LogP contribution in [0.3, 0.4) is 0 Å². The van der Waals surface area contributed by atoms with Gasteiger partial charge in [-0.1, -0.05) is 13.8 Å². The number of fused-ring (bicyclic) bond motifs is 1. The van der Waals surface area contributed by atoms with Crippen molar-refractivity contribution in [1.82, 2.24) is 0 Å². The van der Waals surface area contributed by atoms with Gasteiger partial charge in [0.25, 0.3) is 5.91 Å². The summed E-state index contributed by atoms with van der Waals surface area (Å²) in [6.07, 6.45) is 1.13. The largest absolute Gasteiger partial charge is 0.479 e. The van der Waals surface area contributed by atoms with E-state index in [0.29, 0.717) is 17.1 Å². The van der Waals surface area contributed by atoms with E-state index in [1.807, 2.05) is 13.8 Å². The topological polar surface area (TPSA) is 67.4 Å². The minimum Gasteiger partial charge on any atom is -0.479 e. The number of ether oxygens (including phenoxy) is 1. The van der Waals surface area contributed by atoms with Gasteiger partial charge >= 0.3 is 0 Å². The van der Waals surface area contributed by atoms with Crippen molar-refractivity contribution in [2.45, 2.75) is 39.7 Å². The maximum absolute atomic E-state index is 12.0. The molecule has 0 aliphatic carbocycles. The molecule has 0 aromatic heterocycles. The first-order valence-corrected chi connectivity index (χ1v) is 6.97. The number of amides is 2. The molecule has 2 rings (SSSR count). The van der Waals surface area contributed by atoms with E-state index in [-0.39, 0.29) is 17.7 Å². The third kappa shape index (κ3) is 2.92. The van der Waals surface area contributed by atoms with Crippen LogP contribution in [0.2, 0.25) is 0 Å². The van der Waals surface area contributed by atoms with E-state index in [4.69, 9.17) is 4.74 Å². The molecule has 5 nitrogen and oxygen atoms in total. The second-order valence-electron chi connectivity index (χ2n) is 4.96. The second-order valence-corrected chi connectivity index (χ2v) is 4.96. The highest BCUT2D eigenvalue weighted by molar-refractivity contribution is 5.99. The molecule has 1 heterocycles. The summed E-state index contributed by atoms with van der Waals surface area (Å²) in [7, 11) is 0. The van der Waals surface area contributed by atoms with Crippen molar-refractivity contribution in [3.8, 4) is 5.75 Å². The molecule has 1 aromatic rings. The summed E-state index contributed by atoms with van der Waals surface area (Å²) < 4.78 is 5.47. The van der Waals surface area contributed by atoms with Gasteiger partial charge < -0.3 is 15.4 Å². The molecule has 2 amide bonds. The lowest BCUT2D eigenvalue weighted by molar-refractivity contribution is -0.122. The predicted octanol–water partition coefficient (Wildman–Crippen LogP) is 2.78. The molecule has 0 spiro atoms. The summed E-state index contributed by atoms with van der Waals surface area (Å²) in [5.74, 6) is 0.460. The second kappa shape index (κ2) is 5.94. The average molecular weight is 276 g/mol. The van der Waals surface area contributed by atoms with Crippen molar-refractivity contribution >= 4 is 23.2 Å². The zero-order valence-corrected chi connectivity index (χ0v) is 12.0. The molecular weight excluding hydrogens is 256 g/mol. The van der Waals surface area contributed by atoms with Crippen LogP contribution in [0, 0.1) is 5.92 Å². The van der Waals surface area contributed by atoms with Crippen LogP contribution in [0.1, 0.15) is 33.6 Å². The van der Waals surface area contributed by atoms with Crippen molar-refractivity contribution in [2.24, 2.45) is 5.92 Å². The molecule has 0 saturated carbocycles. The van der Waals surface area contributed by atoms with Gasteiger partial charge in [0.05, 0.1) is 5.69 Å². The standard InChI is InChI=1S/C15H20N2O3/c1-4-10(5-2)15(19)16-11-6-7-13-12(8-11)17-14(18)9(3)20-13/h6-10H,4-5H2,1-3H3,(H,16,19)(H,17,18)/t9-/m1/s1. The molecule has 1 aliphatic rings. The van der Waals surface area contributed by atoms with Gasteiger partial charge in [0.2, 0.25) is 5.91 Å². The Morgan fingerprint density at radius 3 is 2.75 bits per heavy atom. The molecule has 0 fully saturated rings. The Bertz CT molecular complexity index is 524. The van der Waals surface area contributed by atoms with Crippen LogP contribution in [0.5, 0.6) is 5.75 Å². The van der Waals surface area contributed by atoms with E-state index < -0.39 is 6.10 Å². The van der Waals surface area contributed by atoms with Crippen LogP contribution in [0.25, 0.3) is 0 Å². The summed E-state index contributed by atoms with van der Waals surface area (Å²) in [5.41, 5.74) is 1.26. The van der Waals surface area contributed by atoms with Gasteiger partial charge in [-0.15, -0.1) is 0 Å². The number of carbonyl (C=O) groups excluding carboxylic acids is 2. The third-order valence-electron chi connectivity index (χ3n) is 3.53. The number of benzene rings is 1. The molecule has 0 unspecified atom stereocenters. The molecule has 1 aliphatic heterocycles. The molecule has 0 radical (unpaired) electrons. The number of carbonyl (C=O) groups is 2. The summed E-state index contributed by atoms with van der Waals surface area (Å²) in [6, 6.07) is 5.26. The summed E-state index contributed by atoms with van der Waals surface area (Å²) in [4.78, 5) is 23.6. The van der Waals surface area contributed by atoms with Gasteiger partial charge in [-0.2, -0.15) is 0 Å². The Balaban J connectivity index is 2.14. The van der Waals surface area contributed by atoms with Crippen molar-refractivity contribution < 1.29 is 14.3 Å². The molecular formula is C15H20N2O3. The smallest absolute Gasteiger partial charge is 0.265 e. The number of rotatable bonds is 4. The molecule has 1 atom stereocenters. The normalized spacial score (nSPS) is 17.2. The monoisotopic (exact) mass is 276 g/mol.